The molecule has 0 spiro atoms. The summed E-state index contributed by atoms with van der Waals surface area (Å²) >= 11 is 0. The summed E-state index contributed by atoms with van der Waals surface area (Å²) in [6.07, 6.45) is 0.943. The molecule has 0 bridgehead atoms. The smallest absolute Gasteiger partial charge is 0.302 e. The second kappa shape index (κ2) is 5.68. The fourth-order valence-corrected chi connectivity index (χ4v) is 6.36. The van der Waals surface area contributed by atoms with Gasteiger partial charge in [-0.3, -0.25) is 4.79 Å². The second-order valence-corrected chi connectivity index (χ2v) is 9.05. The first kappa shape index (κ1) is 18.2. The van der Waals surface area contributed by atoms with E-state index in [-0.39, 0.29) is 40.7 Å². The molecule has 1 aliphatic heterocycles. The molecule has 0 amide bonds. The van der Waals surface area contributed by atoms with E-state index in [9.17, 15) is 9.90 Å². The molecule has 3 rings (SSSR count). The molecule has 3 aliphatic rings. The van der Waals surface area contributed by atoms with Gasteiger partial charge in [-0.25, -0.2) is 0 Å². The summed E-state index contributed by atoms with van der Waals surface area (Å²) in [6, 6.07) is 0. The number of hydrogen-bond acceptors (Lipinski definition) is 5. The summed E-state index contributed by atoms with van der Waals surface area (Å²) in [6.45, 7) is 13.0. The molecule has 1 saturated heterocycles. The number of rotatable bonds is 3. The lowest BCUT2D eigenvalue weighted by Gasteiger charge is -2.59. The molecule has 138 valence electrons. The number of hydrogen-bond donors (Lipinski definition) is 1. The minimum atomic E-state index is -0.952. The summed E-state index contributed by atoms with van der Waals surface area (Å²) in [5.41, 5.74) is -1.44. The van der Waals surface area contributed by atoms with Crippen LogP contribution in [0.25, 0.3) is 0 Å². The number of carbonyl (C=O) groups excluding carboxylic acids is 1. The largest absolute Gasteiger partial charge is 0.462 e. The zero-order chi connectivity index (χ0) is 17.9. The minimum Gasteiger partial charge on any atom is -0.462 e. The van der Waals surface area contributed by atoms with Gasteiger partial charge < -0.3 is 19.3 Å². The van der Waals surface area contributed by atoms with Crippen LogP contribution >= 0.6 is 0 Å². The lowest BCUT2D eigenvalue weighted by molar-refractivity contribution is -0.328. The Morgan fingerprint density at radius 3 is 2.58 bits per heavy atom. The van der Waals surface area contributed by atoms with Crippen LogP contribution < -0.4 is 0 Å². The molecule has 5 heteroatoms. The van der Waals surface area contributed by atoms with Crippen LogP contribution in [0.3, 0.4) is 0 Å². The van der Waals surface area contributed by atoms with Gasteiger partial charge in [-0.2, -0.15) is 0 Å². The Morgan fingerprint density at radius 2 is 2.00 bits per heavy atom. The first-order chi connectivity index (χ1) is 11.1. The zero-order valence-corrected chi connectivity index (χ0v) is 15.8. The van der Waals surface area contributed by atoms with Gasteiger partial charge in [0.05, 0.1) is 12.2 Å². The molecular formula is C19H32O5. The predicted octanol–water partition coefficient (Wildman–Crippen LogP) is 2.75. The molecule has 1 heterocycles. The molecule has 24 heavy (non-hydrogen) atoms. The van der Waals surface area contributed by atoms with Crippen LogP contribution in [0.5, 0.6) is 0 Å². The highest BCUT2D eigenvalue weighted by Crippen LogP contribution is 2.69. The maximum Gasteiger partial charge on any atom is 0.302 e. The summed E-state index contributed by atoms with van der Waals surface area (Å²) < 4.78 is 17.6. The van der Waals surface area contributed by atoms with Crippen molar-refractivity contribution in [1.29, 1.82) is 0 Å². The van der Waals surface area contributed by atoms with Crippen LogP contribution in [0.15, 0.2) is 0 Å². The standard InChI is InChI=1S/C19H32O5/c1-7-22-16-14-11(2)8-13(24-12(3)20)15-17(4,5)9-18(6,10-23-16)19(14,15)21/h11,13-16,21H,7-10H2,1-6H3. The molecule has 0 aromatic carbocycles. The molecule has 5 nitrogen and oxygen atoms in total. The zero-order valence-electron chi connectivity index (χ0n) is 15.8. The molecule has 2 aliphatic carbocycles. The van der Waals surface area contributed by atoms with E-state index >= 15 is 0 Å². The Labute approximate surface area is 145 Å². The van der Waals surface area contributed by atoms with E-state index in [1.54, 1.807) is 0 Å². The molecule has 0 aromatic rings. The maximum absolute atomic E-state index is 12.1. The SMILES string of the molecule is CCOC1OCC2(C)CC(C)(C)C3C(OC(C)=O)CC(C)C1C32O. The topological polar surface area (TPSA) is 65.0 Å². The minimum absolute atomic E-state index is 0.102. The van der Waals surface area contributed by atoms with Crippen LogP contribution in [0.1, 0.15) is 54.4 Å². The molecule has 7 atom stereocenters. The molecule has 2 saturated carbocycles. The molecule has 0 aromatic heterocycles. The van der Waals surface area contributed by atoms with Gasteiger partial charge in [0.1, 0.15) is 6.10 Å². The first-order valence-electron chi connectivity index (χ1n) is 9.19. The van der Waals surface area contributed by atoms with Crippen LogP contribution in [0.4, 0.5) is 0 Å². The predicted molar refractivity (Wildman–Crippen MR) is 89.1 cm³/mol. The fourth-order valence-electron chi connectivity index (χ4n) is 6.36. The van der Waals surface area contributed by atoms with E-state index in [4.69, 9.17) is 14.2 Å². The summed E-state index contributed by atoms with van der Waals surface area (Å²) in [5.74, 6) is -0.325. The van der Waals surface area contributed by atoms with E-state index in [0.717, 1.165) is 12.8 Å². The molecule has 3 fully saturated rings. The van der Waals surface area contributed by atoms with Crippen molar-refractivity contribution in [2.45, 2.75) is 72.4 Å². The number of ether oxygens (including phenoxy) is 3. The third-order valence-corrected chi connectivity index (χ3v) is 6.73. The number of aliphatic hydroxyl groups is 1. The van der Waals surface area contributed by atoms with Crippen molar-refractivity contribution >= 4 is 5.97 Å². The highest BCUT2D eigenvalue weighted by Gasteiger charge is 2.75. The van der Waals surface area contributed by atoms with Crippen molar-refractivity contribution in [2.75, 3.05) is 13.2 Å². The third kappa shape index (κ3) is 2.35. The van der Waals surface area contributed by atoms with E-state index in [0.29, 0.717) is 13.2 Å². The summed E-state index contributed by atoms with van der Waals surface area (Å²) in [5, 5.41) is 12.1. The molecule has 0 radical (unpaired) electrons. The van der Waals surface area contributed by atoms with Gasteiger partial charge in [-0.1, -0.05) is 27.7 Å². The van der Waals surface area contributed by atoms with Crippen molar-refractivity contribution < 1.29 is 24.1 Å². The first-order valence-corrected chi connectivity index (χ1v) is 9.19. The monoisotopic (exact) mass is 340 g/mol. The Morgan fingerprint density at radius 1 is 1.33 bits per heavy atom. The Balaban J connectivity index is 2.08. The highest BCUT2D eigenvalue weighted by atomic mass is 16.7. The van der Waals surface area contributed by atoms with Crippen molar-refractivity contribution in [3.8, 4) is 0 Å². The molecule has 1 N–H and O–H groups in total. The van der Waals surface area contributed by atoms with Crippen molar-refractivity contribution in [3.63, 3.8) is 0 Å². The number of carbonyl (C=O) groups is 1. The van der Waals surface area contributed by atoms with Crippen molar-refractivity contribution in [1.82, 2.24) is 0 Å². The average molecular weight is 340 g/mol. The highest BCUT2D eigenvalue weighted by molar-refractivity contribution is 5.66. The Hall–Kier alpha value is -0.650. The van der Waals surface area contributed by atoms with Crippen LogP contribution in [-0.2, 0) is 19.0 Å². The van der Waals surface area contributed by atoms with Gasteiger partial charge in [0, 0.05) is 30.8 Å². The quantitative estimate of drug-likeness (QED) is 0.800. The van der Waals surface area contributed by atoms with E-state index < -0.39 is 11.9 Å². The van der Waals surface area contributed by atoms with Crippen molar-refractivity contribution in [3.05, 3.63) is 0 Å². The van der Waals surface area contributed by atoms with Gasteiger partial charge >= 0.3 is 5.97 Å². The van der Waals surface area contributed by atoms with Gasteiger partial charge in [0.25, 0.3) is 0 Å². The molecular weight excluding hydrogens is 308 g/mol. The number of esters is 1. The second-order valence-electron chi connectivity index (χ2n) is 9.05. The maximum atomic E-state index is 12.1. The van der Waals surface area contributed by atoms with Crippen molar-refractivity contribution in [2.24, 2.45) is 28.6 Å². The Kier molecular flexibility index (Phi) is 4.30. The summed E-state index contributed by atoms with van der Waals surface area (Å²) in [4.78, 5) is 11.7. The lowest BCUT2D eigenvalue weighted by Crippen LogP contribution is -2.69. The van der Waals surface area contributed by atoms with E-state index in [1.807, 2.05) is 6.92 Å². The van der Waals surface area contributed by atoms with Crippen LogP contribution in [0, 0.1) is 28.6 Å². The Bertz CT molecular complexity index is 518. The third-order valence-electron chi connectivity index (χ3n) is 6.73. The van der Waals surface area contributed by atoms with Gasteiger partial charge in [-0.05, 0) is 31.1 Å². The fraction of sp³-hybridized carbons (Fsp3) is 0.947. The van der Waals surface area contributed by atoms with Gasteiger partial charge in [-0.15, -0.1) is 0 Å². The van der Waals surface area contributed by atoms with Crippen LogP contribution in [0.2, 0.25) is 0 Å². The molecule has 7 unspecified atom stereocenters. The van der Waals surface area contributed by atoms with Crippen LogP contribution in [-0.4, -0.2) is 42.3 Å². The summed E-state index contributed by atoms with van der Waals surface area (Å²) in [7, 11) is 0. The van der Waals surface area contributed by atoms with E-state index in [1.165, 1.54) is 6.92 Å². The van der Waals surface area contributed by atoms with Gasteiger partial charge in [0.2, 0.25) is 0 Å². The average Bonchev–Trinajstić information content (AvgIpc) is 2.58. The lowest BCUT2D eigenvalue weighted by atomic mass is 9.54. The van der Waals surface area contributed by atoms with Gasteiger partial charge in [0.15, 0.2) is 6.29 Å². The van der Waals surface area contributed by atoms with E-state index in [2.05, 4.69) is 27.7 Å². The normalized spacial score (nSPS) is 49.5.